The highest BCUT2D eigenvalue weighted by Gasteiger charge is 2.34. The lowest BCUT2D eigenvalue weighted by Gasteiger charge is -2.31. The molecule has 0 aromatic heterocycles. The molecule has 2 saturated heterocycles. The molecule has 1 aromatic rings. The van der Waals surface area contributed by atoms with Crippen molar-refractivity contribution < 1.29 is 13.9 Å². The van der Waals surface area contributed by atoms with E-state index >= 15 is 0 Å². The maximum atomic E-state index is 13.0. The number of morpholine rings is 1. The Morgan fingerprint density at radius 2 is 2.10 bits per heavy atom. The molecule has 2 atom stereocenters. The van der Waals surface area contributed by atoms with Gasteiger partial charge in [0.05, 0.1) is 24.4 Å². The van der Waals surface area contributed by atoms with E-state index in [2.05, 4.69) is 10.2 Å². The lowest BCUT2D eigenvalue weighted by molar-refractivity contribution is -0.119. The predicted molar refractivity (Wildman–Crippen MR) is 73.8 cm³/mol. The highest BCUT2D eigenvalue weighted by molar-refractivity contribution is 5.92. The number of carbonyl (C=O) groups is 1. The first-order chi connectivity index (χ1) is 9.60. The van der Waals surface area contributed by atoms with Gasteiger partial charge in [-0.1, -0.05) is 0 Å². The van der Waals surface area contributed by atoms with E-state index in [0.717, 1.165) is 25.9 Å². The van der Waals surface area contributed by atoms with Crippen LogP contribution in [-0.2, 0) is 9.53 Å². The van der Waals surface area contributed by atoms with Gasteiger partial charge < -0.3 is 15.8 Å². The summed E-state index contributed by atoms with van der Waals surface area (Å²) in [5.74, 6) is -0.593. The van der Waals surface area contributed by atoms with Crippen molar-refractivity contribution >= 4 is 17.3 Å². The predicted octanol–water partition coefficient (Wildman–Crippen LogP) is 1.21. The minimum atomic E-state index is -0.479. The summed E-state index contributed by atoms with van der Waals surface area (Å²) in [6, 6.07) is 4.18. The topological polar surface area (TPSA) is 67.6 Å². The summed E-state index contributed by atoms with van der Waals surface area (Å²) < 4.78 is 18.8. The zero-order valence-corrected chi connectivity index (χ0v) is 11.1. The fourth-order valence-corrected chi connectivity index (χ4v) is 2.85. The van der Waals surface area contributed by atoms with E-state index in [-0.39, 0.29) is 23.8 Å². The number of hydrogen-bond donors (Lipinski definition) is 2. The molecule has 6 heteroatoms. The molecule has 2 bridgehead atoms. The van der Waals surface area contributed by atoms with Gasteiger partial charge in [0.2, 0.25) is 5.91 Å². The van der Waals surface area contributed by atoms with Crippen LogP contribution < -0.4 is 11.1 Å². The summed E-state index contributed by atoms with van der Waals surface area (Å²) in [5.41, 5.74) is 6.03. The fourth-order valence-electron chi connectivity index (χ4n) is 2.85. The Bertz CT molecular complexity index is 511. The maximum absolute atomic E-state index is 13.0. The summed E-state index contributed by atoms with van der Waals surface area (Å²) in [5, 5.41) is 2.74. The molecule has 2 aliphatic heterocycles. The van der Waals surface area contributed by atoms with E-state index < -0.39 is 5.82 Å². The van der Waals surface area contributed by atoms with Crippen molar-refractivity contribution in [1.29, 1.82) is 0 Å². The molecule has 2 heterocycles. The second-order valence-corrected chi connectivity index (χ2v) is 5.44. The third kappa shape index (κ3) is 2.91. The van der Waals surface area contributed by atoms with Crippen LogP contribution in [0.3, 0.4) is 0 Å². The number of likely N-dealkylation sites (tertiary alicyclic amines) is 1. The van der Waals surface area contributed by atoms with Crippen molar-refractivity contribution in [2.45, 2.75) is 25.0 Å². The molecule has 5 nitrogen and oxygen atoms in total. The van der Waals surface area contributed by atoms with Crippen LogP contribution in [0, 0.1) is 5.82 Å². The van der Waals surface area contributed by atoms with Crippen LogP contribution in [0.15, 0.2) is 18.2 Å². The van der Waals surface area contributed by atoms with Gasteiger partial charge in [-0.25, -0.2) is 4.39 Å². The Morgan fingerprint density at radius 1 is 1.40 bits per heavy atom. The number of amides is 1. The number of fused-ring (bicyclic) bond motifs is 2. The van der Waals surface area contributed by atoms with Gasteiger partial charge in [0, 0.05) is 18.8 Å². The molecule has 2 aliphatic rings. The lowest BCUT2D eigenvalue weighted by atomic mass is 10.2. The first kappa shape index (κ1) is 13.3. The van der Waals surface area contributed by atoms with Crippen LogP contribution in [-0.4, -0.2) is 42.6 Å². The van der Waals surface area contributed by atoms with Crippen molar-refractivity contribution in [2.75, 3.05) is 30.7 Å². The zero-order chi connectivity index (χ0) is 14.1. The number of ether oxygens (including phenoxy) is 1. The van der Waals surface area contributed by atoms with E-state index in [1.54, 1.807) is 0 Å². The monoisotopic (exact) mass is 279 g/mol. The summed E-state index contributed by atoms with van der Waals surface area (Å²) in [6.45, 7) is 1.93. The van der Waals surface area contributed by atoms with Crippen LogP contribution in [0.5, 0.6) is 0 Å². The van der Waals surface area contributed by atoms with Gasteiger partial charge in [0.15, 0.2) is 0 Å². The molecule has 20 heavy (non-hydrogen) atoms. The largest absolute Gasteiger partial charge is 0.396 e. The number of benzene rings is 1. The van der Waals surface area contributed by atoms with Crippen LogP contribution in [0.25, 0.3) is 0 Å². The Labute approximate surface area is 116 Å². The zero-order valence-electron chi connectivity index (χ0n) is 11.1. The Hall–Kier alpha value is -1.66. The van der Waals surface area contributed by atoms with Gasteiger partial charge in [-0.2, -0.15) is 0 Å². The van der Waals surface area contributed by atoms with Crippen molar-refractivity contribution in [2.24, 2.45) is 0 Å². The van der Waals surface area contributed by atoms with E-state index in [1.165, 1.54) is 18.2 Å². The third-order valence-corrected chi connectivity index (χ3v) is 3.77. The fraction of sp³-hybridized carbons (Fsp3) is 0.500. The second kappa shape index (κ2) is 5.38. The molecule has 0 spiro atoms. The van der Waals surface area contributed by atoms with Crippen LogP contribution in [0.2, 0.25) is 0 Å². The molecule has 1 amide bonds. The Kier molecular flexibility index (Phi) is 3.58. The van der Waals surface area contributed by atoms with Crippen molar-refractivity contribution in [3.8, 4) is 0 Å². The molecular weight excluding hydrogens is 261 g/mol. The van der Waals surface area contributed by atoms with Gasteiger partial charge in [0.1, 0.15) is 5.82 Å². The number of anilines is 2. The third-order valence-electron chi connectivity index (χ3n) is 3.77. The van der Waals surface area contributed by atoms with Crippen LogP contribution >= 0.6 is 0 Å². The van der Waals surface area contributed by atoms with Crippen LogP contribution in [0.4, 0.5) is 15.8 Å². The number of carbonyl (C=O) groups excluding carboxylic acids is 1. The molecular formula is C14H18FN3O2. The smallest absolute Gasteiger partial charge is 0.238 e. The number of hydrogen-bond acceptors (Lipinski definition) is 4. The molecule has 0 radical (unpaired) electrons. The molecule has 2 fully saturated rings. The van der Waals surface area contributed by atoms with E-state index in [4.69, 9.17) is 10.5 Å². The summed E-state index contributed by atoms with van der Waals surface area (Å²) >= 11 is 0. The average molecular weight is 279 g/mol. The molecule has 2 unspecified atom stereocenters. The molecule has 0 saturated carbocycles. The lowest BCUT2D eigenvalue weighted by Crippen LogP contribution is -2.45. The van der Waals surface area contributed by atoms with Gasteiger partial charge in [0.25, 0.3) is 0 Å². The van der Waals surface area contributed by atoms with E-state index in [1.807, 2.05) is 0 Å². The first-order valence-corrected chi connectivity index (χ1v) is 6.83. The number of nitrogens with zero attached hydrogens (tertiary/aromatic N) is 1. The number of nitrogens with two attached hydrogens (primary N) is 1. The van der Waals surface area contributed by atoms with Gasteiger partial charge in [-0.15, -0.1) is 0 Å². The van der Waals surface area contributed by atoms with Gasteiger partial charge >= 0.3 is 0 Å². The average Bonchev–Trinajstić information content (AvgIpc) is 2.73. The van der Waals surface area contributed by atoms with Crippen molar-refractivity contribution in [3.05, 3.63) is 24.0 Å². The van der Waals surface area contributed by atoms with Gasteiger partial charge in [-0.05, 0) is 31.0 Å². The highest BCUT2D eigenvalue weighted by Crippen LogP contribution is 2.26. The standard InChI is InChI=1S/C14H18FN3O2/c15-12-4-1-9(5-13(12)16)17-14(19)8-18-6-10-2-3-11(7-18)20-10/h1,4-5,10-11H,2-3,6-8,16H2,(H,17,19). The molecule has 108 valence electrons. The Balaban J connectivity index is 1.55. The van der Waals surface area contributed by atoms with Crippen molar-refractivity contribution in [1.82, 2.24) is 4.90 Å². The SMILES string of the molecule is Nc1cc(NC(=O)CN2CC3CCC(C2)O3)ccc1F. The minimum Gasteiger partial charge on any atom is -0.396 e. The van der Waals surface area contributed by atoms with Gasteiger partial charge in [-0.3, -0.25) is 9.69 Å². The van der Waals surface area contributed by atoms with E-state index in [9.17, 15) is 9.18 Å². The number of halogens is 1. The van der Waals surface area contributed by atoms with Crippen LogP contribution in [0.1, 0.15) is 12.8 Å². The second-order valence-electron chi connectivity index (χ2n) is 5.44. The number of rotatable bonds is 3. The van der Waals surface area contributed by atoms with Crippen molar-refractivity contribution in [3.63, 3.8) is 0 Å². The summed E-state index contributed by atoms with van der Waals surface area (Å²) in [6.07, 6.45) is 2.69. The first-order valence-electron chi connectivity index (χ1n) is 6.83. The maximum Gasteiger partial charge on any atom is 0.238 e. The summed E-state index contributed by atoms with van der Waals surface area (Å²) in [4.78, 5) is 14.1. The quantitative estimate of drug-likeness (QED) is 0.816. The molecule has 1 aromatic carbocycles. The molecule has 0 aliphatic carbocycles. The Morgan fingerprint density at radius 3 is 2.75 bits per heavy atom. The highest BCUT2D eigenvalue weighted by atomic mass is 19.1. The number of nitrogens with one attached hydrogen (secondary N) is 1. The molecule has 3 N–H and O–H groups in total. The van der Waals surface area contributed by atoms with E-state index in [0.29, 0.717) is 12.2 Å². The normalized spacial score (nSPS) is 25.6. The number of nitrogen functional groups attached to an aromatic ring is 1. The minimum absolute atomic E-state index is 0.0345. The molecule has 3 rings (SSSR count). The summed E-state index contributed by atoms with van der Waals surface area (Å²) in [7, 11) is 0.